The standard InChI is InChI=1S/C20H27FN4O2/c1-20(2,3)12-18(26)25-10-4-5-16(25)19(27)22-9-8-17-23-14-7-6-13(21)11-15(14)24-17/h6-7,11,16H,4-5,8-10,12H2,1-3H3,(H,22,27)(H,23,24). The molecule has 1 atom stereocenters. The van der Waals surface area contributed by atoms with Crippen molar-refractivity contribution in [1.82, 2.24) is 20.2 Å². The lowest BCUT2D eigenvalue weighted by atomic mass is 9.91. The van der Waals surface area contributed by atoms with Crippen LogP contribution in [0.1, 0.15) is 45.9 Å². The number of likely N-dealkylation sites (tertiary alicyclic amines) is 1. The normalized spacial score (nSPS) is 17.5. The zero-order valence-corrected chi connectivity index (χ0v) is 16.1. The van der Waals surface area contributed by atoms with Crippen molar-refractivity contribution in [1.29, 1.82) is 0 Å². The van der Waals surface area contributed by atoms with Gasteiger partial charge >= 0.3 is 0 Å². The second-order valence-electron chi connectivity index (χ2n) is 8.37. The van der Waals surface area contributed by atoms with Crippen LogP contribution in [0, 0.1) is 11.2 Å². The smallest absolute Gasteiger partial charge is 0.242 e. The summed E-state index contributed by atoms with van der Waals surface area (Å²) in [5.74, 6) is 0.312. The molecule has 2 N–H and O–H groups in total. The van der Waals surface area contributed by atoms with Crippen molar-refractivity contribution < 1.29 is 14.0 Å². The van der Waals surface area contributed by atoms with Gasteiger partial charge in [0.2, 0.25) is 11.8 Å². The summed E-state index contributed by atoms with van der Waals surface area (Å²) in [4.78, 5) is 34.2. The van der Waals surface area contributed by atoms with Crippen molar-refractivity contribution >= 4 is 22.8 Å². The van der Waals surface area contributed by atoms with Gasteiger partial charge in [-0.25, -0.2) is 9.37 Å². The van der Waals surface area contributed by atoms with Crippen LogP contribution in [0.5, 0.6) is 0 Å². The van der Waals surface area contributed by atoms with Crippen LogP contribution >= 0.6 is 0 Å². The van der Waals surface area contributed by atoms with Gasteiger partial charge in [0.05, 0.1) is 11.0 Å². The first-order chi connectivity index (χ1) is 12.7. The number of imidazole rings is 1. The van der Waals surface area contributed by atoms with Crippen LogP contribution < -0.4 is 5.32 Å². The van der Waals surface area contributed by atoms with Gasteiger partial charge in [0.15, 0.2) is 0 Å². The molecular weight excluding hydrogens is 347 g/mol. The fourth-order valence-electron chi connectivity index (χ4n) is 3.47. The van der Waals surface area contributed by atoms with Crippen molar-refractivity contribution in [3.05, 3.63) is 29.8 Å². The number of hydrogen-bond donors (Lipinski definition) is 2. The summed E-state index contributed by atoms with van der Waals surface area (Å²) in [5.41, 5.74) is 1.25. The molecule has 1 aromatic carbocycles. The number of rotatable bonds is 5. The predicted octanol–water partition coefficient (Wildman–Crippen LogP) is 2.79. The van der Waals surface area contributed by atoms with Crippen LogP contribution in [0.15, 0.2) is 18.2 Å². The number of fused-ring (bicyclic) bond motifs is 1. The Labute approximate surface area is 158 Å². The third kappa shape index (κ3) is 4.84. The molecule has 0 saturated carbocycles. The molecule has 2 heterocycles. The van der Waals surface area contributed by atoms with Gasteiger partial charge in [-0.15, -0.1) is 0 Å². The average molecular weight is 374 g/mol. The van der Waals surface area contributed by atoms with Gasteiger partial charge in [-0.05, 0) is 36.5 Å². The van der Waals surface area contributed by atoms with E-state index in [-0.39, 0.29) is 29.1 Å². The Morgan fingerprint density at radius 1 is 1.37 bits per heavy atom. The van der Waals surface area contributed by atoms with Crippen LogP contribution in [0.3, 0.4) is 0 Å². The third-order valence-electron chi connectivity index (χ3n) is 4.71. The molecule has 2 amide bonds. The molecule has 27 heavy (non-hydrogen) atoms. The number of halogens is 1. The molecule has 7 heteroatoms. The number of carbonyl (C=O) groups excluding carboxylic acids is 2. The summed E-state index contributed by atoms with van der Waals surface area (Å²) < 4.78 is 13.2. The van der Waals surface area contributed by atoms with E-state index in [1.165, 1.54) is 12.1 Å². The van der Waals surface area contributed by atoms with Crippen LogP contribution in [0.25, 0.3) is 11.0 Å². The number of H-pyrrole nitrogens is 1. The van der Waals surface area contributed by atoms with E-state index in [1.807, 2.05) is 20.8 Å². The summed E-state index contributed by atoms with van der Waals surface area (Å²) in [6.07, 6.45) is 2.51. The maximum Gasteiger partial charge on any atom is 0.242 e. The Morgan fingerprint density at radius 3 is 2.89 bits per heavy atom. The van der Waals surface area contributed by atoms with Gasteiger partial charge in [-0.1, -0.05) is 20.8 Å². The van der Waals surface area contributed by atoms with Crippen LogP contribution in [-0.2, 0) is 16.0 Å². The van der Waals surface area contributed by atoms with Gasteiger partial charge < -0.3 is 15.2 Å². The fraction of sp³-hybridized carbons (Fsp3) is 0.550. The minimum absolute atomic E-state index is 0.0412. The highest BCUT2D eigenvalue weighted by Crippen LogP contribution is 2.24. The first kappa shape index (κ1) is 19.3. The minimum Gasteiger partial charge on any atom is -0.354 e. The monoisotopic (exact) mass is 374 g/mol. The third-order valence-corrected chi connectivity index (χ3v) is 4.71. The SMILES string of the molecule is CC(C)(C)CC(=O)N1CCCC1C(=O)NCCc1nc2ccc(F)cc2[nH]1. The number of benzene rings is 1. The first-order valence-corrected chi connectivity index (χ1v) is 9.44. The molecule has 1 aromatic heterocycles. The van der Waals surface area contributed by atoms with E-state index in [1.54, 1.807) is 11.0 Å². The Morgan fingerprint density at radius 2 is 2.15 bits per heavy atom. The molecule has 3 rings (SSSR count). The number of nitrogens with one attached hydrogen (secondary N) is 2. The number of amides is 2. The number of aromatic nitrogens is 2. The lowest BCUT2D eigenvalue weighted by Crippen LogP contribution is -2.47. The highest BCUT2D eigenvalue weighted by Gasteiger charge is 2.35. The molecule has 1 saturated heterocycles. The highest BCUT2D eigenvalue weighted by atomic mass is 19.1. The quantitative estimate of drug-likeness (QED) is 0.845. The summed E-state index contributed by atoms with van der Waals surface area (Å²) in [7, 11) is 0. The summed E-state index contributed by atoms with van der Waals surface area (Å²) in [6, 6.07) is 4.02. The molecule has 146 valence electrons. The van der Waals surface area contributed by atoms with E-state index in [2.05, 4.69) is 15.3 Å². The molecule has 1 fully saturated rings. The molecule has 6 nitrogen and oxygen atoms in total. The maximum absolute atomic E-state index is 13.2. The molecule has 0 spiro atoms. The molecular formula is C20H27FN4O2. The molecule has 0 bridgehead atoms. The summed E-state index contributed by atoms with van der Waals surface area (Å²) in [6.45, 7) is 7.13. The first-order valence-electron chi connectivity index (χ1n) is 9.44. The van der Waals surface area contributed by atoms with Crippen LogP contribution in [0.4, 0.5) is 4.39 Å². The Hall–Kier alpha value is -2.44. The van der Waals surface area contributed by atoms with Crippen LogP contribution in [0.2, 0.25) is 0 Å². The molecule has 0 aliphatic carbocycles. The van der Waals surface area contributed by atoms with E-state index in [4.69, 9.17) is 0 Å². The largest absolute Gasteiger partial charge is 0.354 e. The second kappa shape index (κ2) is 7.66. The van der Waals surface area contributed by atoms with Crippen molar-refractivity contribution in [2.24, 2.45) is 5.41 Å². The summed E-state index contributed by atoms with van der Waals surface area (Å²) in [5, 5.41) is 2.91. The van der Waals surface area contributed by atoms with Crippen LogP contribution in [-0.4, -0.2) is 45.8 Å². The second-order valence-corrected chi connectivity index (χ2v) is 8.37. The number of carbonyl (C=O) groups is 2. The average Bonchev–Trinajstić information content (AvgIpc) is 3.19. The zero-order chi connectivity index (χ0) is 19.6. The summed E-state index contributed by atoms with van der Waals surface area (Å²) >= 11 is 0. The van der Waals surface area contributed by atoms with Crippen molar-refractivity contribution in [2.45, 2.75) is 52.5 Å². The predicted molar refractivity (Wildman–Crippen MR) is 102 cm³/mol. The van der Waals surface area contributed by atoms with Gasteiger partial charge in [0.1, 0.15) is 17.7 Å². The molecule has 1 unspecified atom stereocenters. The van der Waals surface area contributed by atoms with Gasteiger partial charge in [-0.3, -0.25) is 9.59 Å². The molecule has 0 radical (unpaired) electrons. The molecule has 1 aliphatic heterocycles. The number of aromatic amines is 1. The number of nitrogens with zero attached hydrogens (tertiary/aromatic N) is 2. The van der Waals surface area contributed by atoms with E-state index >= 15 is 0 Å². The Bertz CT molecular complexity index is 840. The zero-order valence-electron chi connectivity index (χ0n) is 16.1. The number of hydrogen-bond acceptors (Lipinski definition) is 3. The van der Waals surface area contributed by atoms with E-state index in [0.717, 1.165) is 6.42 Å². The lowest BCUT2D eigenvalue weighted by Gasteiger charge is -2.27. The lowest BCUT2D eigenvalue weighted by molar-refractivity contribution is -0.139. The highest BCUT2D eigenvalue weighted by molar-refractivity contribution is 5.88. The van der Waals surface area contributed by atoms with Crippen molar-refractivity contribution in [2.75, 3.05) is 13.1 Å². The van der Waals surface area contributed by atoms with E-state index in [0.29, 0.717) is 49.2 Å². The fourth-order valence-corrected chi connectivity index (χ4v) is 3.47. The van der Waals surface area contributed by atoms with Gasteiger partial charge in [0, 0.05) is 25.9 Å². The Balaban J connectivity index is 1.54. The van der Waals surface area contributed by atoms with E-state index in [9.17, 15) is 14.0 Å². The van der Waals surface area contributed by atoms with Gasteiger partial charge in [-0.2, -0.15) is 0 Å². The maximum atomic E-state index is 13.2. The van der Waals surface area contributed by atoms with Crippen molar-refractivity contribution in [3.63, 3.8) is 0 Å². The molecule has 2 aromatic rings. The van der Waals surface area contributed by atoms with Crippen molar-refractivity contribution in [3.8, 4) is 0 Å². The Kier molecular flexibility index (Phi) is 5.48. The molecule has 1 aliphatic rings. The topological polar surface area (TPSA) is 78.1 Å². The van der Waals surface area contributed by atoms with E-state index < -0.39 is 0 Å². The minimum atomic E-state index is -0.385. The van der Waals surface area contributed by atoms with Gasteiger partial charge in [0.25, 0.3) is 0 Å².